The Morgan fingerprint density at radius 1 is 1.39 bits per heavy atom. The van der Waals surface area contributed by atoms with Gasteiger partial charge in [-0.05, 0) is 31.2 Å². The standard InChI is InChI=1S/C12H14BrN3O2/c1-9-6-16(15-14-9)7-11(17)8-18-12-4-2-10(13)3-5-12/h2-6,11,17H,7-8H2,1H3. The van der Waals surface area contributed by atoms with E-state index in [1.54, 1.807) is 10.9 Å². The molecular formula is C12H14BrN3O2. The van der Waals surface area contributed by atoms with Crippen LogP contribution in [0.25, 0.3) is 0 Å². The number of hydrogen-bond acceptors (Lipinski definition) is 4. The van der Waals surface area contributed by atoms with Gasteiger partial charge in [0.2, 0.25) is 0 Å². The molecule has 0 saturated heterocycles. The molecule has 5 nitrogen and oxygen atoms in total. The second-order valence-electron chi connectivity index (χ2n) is 4.00. The molecule has 0 fully saturated rings. The zero-order valence-electron chi connectivity index (χ0n) is 9.95. The van der Waals surface area contributed by atoms with Crippen LogP contribution in [0.15, 0.2) is 34.9 Å². The Morgan fingerprint density at radius 3 is 2.72 bits per heavy atom. The van der Waals surface area contributed by atoms with E-state index in [1.807, 2.05) is 31.2 Å². The van der Waals surface area contributed by atoms with Gasteiger partial charge in [0, 0.05) is 10.7 Å². The van der Waals surface area contributed by atoms with E-state index in [0.29, 0.717) is 6.54 Å². The monoisotopic (exact) mass is 311 g/mol. The molecule has 1 atom stereocenters. The molecule has 0 spiro atoms. The number of nitrogens with zero attached hydrogens (tertiary/aromatic N) is 3. The van der Waals surface area contributed by atoms with Gasteiger partial charge in [0.15, 0.2) is 0 Å². The SMILES string of the molecule is Cc1cn(CC(O)COc2ccc(Br)cc2)nn1. The second-order valence-corrected chi connectivity index (χ2v) is 4.92. The fourth-order valence-corrected chi connectivity index (χ4v) is 1.74. The number of aliphatic hydroxyl groups excluding tert-OH is 1. The molecule has 0 radical (unpaired) electrons. The summed E-state index contributed by atoms with van der Waals surface area (Å²) in [4.78, 5) is 0. The molecule has 18 heavy (non-hydrogen) atoms. The first-order chi connectivity index (χ1) is 8.63. The minimum Gasteiger partial charge on any atom is -0.491 e. The van der Waals surface area contributed by atoms with E-state index < -0.39 is 6.10 Å². The van der Waals surface area contributed by atoms with E-state index in [-0.39, 0.29) is 6.61 Å². The third-order valence-corrected chi connectivity index (χ3v) is 2.84. The molecule has 2 aromatic rings. The van der Waals surface area contributed by atoms with Gasteiger partial charge in [0.05, 0.1) is 12.2 Å². The molecular weight excluding hydrogens is 298 g/mol. The second kappa shape index (κ2) is 5.97. The van der Waals surface area contributed by atoms with Crippen molar-refractivity contribution in [1.82, 2.24) is 15.0 Å². The molecule has 1 aromatic heterocycles. The smallest absolute Gasteiger partial charge is 0.119 e. The summed E-state index contributed by atoms with van der Waals surface area (Å²) in [6, 6.07) is 7.47. The van der Waals surface area contributed by atoms with Gasteiger partial charge in [-0.3, -0.25) is 0 Å². The number of aliphatic hydroxyl groups is 1. The van der Waals surface area contributed by atoms with Gasteiger partial charge in [-0.25, -0.2) is 4.68 Å². The average Bonchev–Trinajstić information content (AvgIpc) is 2.74. The highest BCUT2D eigenvalue weighted by Crippen LogP contribution is 2.16. The van der Waals surface area contributed by atoms with Crippen molar-refractivity contribution in [3.8, 4) is 5.75 Å². The van der Waals surface area contributed by atoms with Gasteiger partial charge in [-0.15, -0.1) is 5.10 Å². The Labute approximate surface area is 114 Å². The largest absolute Gasteiger partial charge is 0.491 e. The van der Waals surface area contributed by atoms with Gasteiger partial charge >= 0.3 is 0 Å². The van der Waals surface area contributed by atoms with E-state index in [2.05, 4.69) is 26.2 Å². The topological polar surface area (TPSA) is 60.2 Å². The Kier molecular flexibility index (Phi) is 4.33. The molecule has 0 aliphatic heterocycles. The van der Waals surface area contributed by atoms with Crippen molar-refractivity contribution in [3.63, 3.8) is 0 Å². The Hall–Kier alpha value is -1.40. The van der Waals surface area contributed by atoms with Crippen LogP contribution in [0.3, 0.4) is 0 Å². The number of aromatic nitrogens is 3. The molecule has 1 unspecified atom stereocenters. The highest BCUT2D eigenvalue weighted by molar-refractivity contribution is 9.10. The van der Waals surface area contributed by atoms with Gasteiger partial charge in [-0.2, -0.15) is 0 Å². The molecule has 6 heteroatoms. The fraction of sp³-hybridized carbons (Fsp3) is 0.333. The minimum atomic E-state index is -0.616. The Balaban J connectivity index is 1.81. The van der Waals surface area contributed by atoms with E-state index >= 15 is 0 Å². The molecule has 1 aromatic carbocycles. The maximum atomic E-state index is 9.80. The molecule has 1 heterocycles. The van der Waals surface area contributed by atoms with Crippen LogP contribution in [0.1, 0.15) is 5.69 Å². The summed E-state index contributed by atoms with van der Waals surface area (Å²) < 4.78 is 8.07. The fourth-order valence-electron chi connectivity index (χ4n) is 1.48. The van der Waals surface area contributed by atoms with Crippen molar-refractivity contribution in [2.75, 3.05) is 6.61 Å². The van der Waals surface area contributed by atoms with Crippen molar-refractivity contribution < 1.29 is 9.84 Å². The molecule has 2 rings (SSSR count). The lowest BCUT2D eigenvalue weighted by Crippen LogP contribution is -2.23. The Morgan fingerprint density at radius 2 is 2.11 bits per heavy atom. The third kappa shape index (κ3) is 3.82. The number of rotatable bonds is 5. The summed E-state index contributed by atoms with van der Waals surface area (Å²) in [6.07, 6.45) is 1.16. The van der Waals surface area contributed by atoms with Crippen LogP contribution in [0.2, 0.25) is 0 Å². The van der Waals surface area contributed by atoms with Gasteiger partial charge in [-0.1, -0.05) is 21.1 Å². The van der Waals surface area contributed by atoms with E-state index in [4.69, 9.17) is 4.74 Å². The van der Waals surface area contributed by atoms with Crippen LogP contribution in [-0.2, 0) is 6.54 Å². The van der Waals surface area contributed by atoms with E-state index in [9.17, 15) is 5.11 Å². The number of halogens is 1. The molecule has 1 N–H and O–H groups in total. The van der Waals surface area contributed by atoms with Gasteiger partial charge < -0.3 is 9.84 Å². The Bertz CT molecular complexity index is 498. The van der Waals surface area contributed by atoms with Crippen molar-refractivity contribution in [2.45, 2.75) is 19.6 Å². The van der Waals surface area contributed by atoms with Crippen molar-refractivity contribution >= 4 is 15.9 Å². The van der Waals surface area contributed by atoms with Crippen LogP contribution in [0.4, 0.5) is 0 Å². The average molecular weight is 312 g/mol. The molecule has 96 valence electrons. The summed E-state index contributed by atoms with van der Waals surface area (Å²) in [6.45, 7) is 2.45. The zero-order valence-corrected chi connectivity index (χ0v) is 11.5. The summed E-state index contributed by atoms with van der Waals surface area (Å²) in [5.74, 6) is 0.729. The zero-order chi connectivity index (χ0) is 13.0. The number of aryl methyl sites for hydroxylation is 1. The van der Waals surface area contributed by atoms with Crippen LogP contribution < -0.4 is 4.74 Å². The van der Waals surface area contributed by atoms with Crippen LogP contribution in [0, 0.1) is 6.92 Å². The van der Waals surface area contributed by atoms with E-state index in [0.717, 1.165) is 15.9 Å². The number of hydrogen-bond donors (Lipinski definition) is 1. The first kappa shape index (κ1) is 13.0. The van der Waals surface area contributed by atoms with Crippen LogP contribution in [0.5, 0.6) is 5.75 Å². The first-order valence-corrected chi connectivity index (χ1v) is 6.36. The van der Waals surface area contributed by atoms with Crippen molar-refractivity contribution in [1.29, 1.82) is 0 Å². The molecule has 0 aliphatic carbocycles. The lowest BCUT2D eigenvalue weighted by atomic mass is 10.3. The summed E-state index contributed by atoms with van der Waals surface area (Å²) in [5, 5.41) is 17.5. The predicted molar refractivity (Wildman–Crippen MR) is 70.4 cm³/mol. The lowest BCUT2D eigenvalue weighted by molar-refractivity contribution is 0.0888. The van der Waals surface area contributed by atoms with Gasteiger partial charge in [0.25, 0.3) is 0 Å². The number of ether oxygens (including phenoxy) is 1. The maximum Gasteiger partial charge on any atom is 0.119 e. The van der Waals surface area contributed by atoms with Gasteiger partial charge in [0.1, 0.15) is 18.5 Å². The van der Waals surface area contributed by atoms with Crippen LogP contribution in [-0.4, -0.2) is 32.8 Å². The minimum absolute atomic E-state index is 0.223. The summed E-state index contributed by atoms with van der Waals surface area (Å²) in [7, 11) is 0. The first-order valence-electron chi connectivity index (χ1n) is 5.56. The van der Waals surface area contributed by atoms with Crippen LogP contribution >= 0.6 is 15.9 Å². The summed E-state index contributed by atoms with van der Waals surface area (Å²) >= 11 is 3.35. The van der Waals surface area contributed by atoms with Crippen molar-refractivity contribution in [3.05, 3.63) is 40.6 Å². The quantitative estimate of drug-likeness (QED) is 0.914. The third-order valence-electron chi connectivity index (χ3n) is 2.31. The predicted octanol–water partition coefficient (Wildman–Crippen LogP) is 1.79. The lowest BCUT2D eigenvalue weighted by Gasteiger charge is -2.12. The van der Waals surface area contributed by atoms with E-state index in [1.165, 1.54) is 0 Å². The molecule has 0 aliphatic rings. The molecule has 0 bridgehead atoms. The highest BCUT2D eigenvalue weighted by atomic mass is 79.9. The maximum absolute atomic E-state index is 9.80. The normalized spacial score (nSPS) is 12.4. The number of benzene rings is 1. The molecule has 0 amide bonds. The summed E-state index contributed by atoms with van der Waals surface area (Å²) in [5.41, 5.74) is 0.830. The highest BCUT2D eigenvalue weighted by Gasteiger charge is 2.07. The molecule has 0 saturated carbocycles. The van der Waals surface area contributed by atoms with Crippen molar-refractivity contribution in [2.24, 2.45) is 0 Å².